The predicted molar refractivity (Wildman–Crippen MR) is 114 cm³/mol. The van der Waals surface area contributed by atoms with Gasteiger partial charge in [-0.3, -0.25) is 4.79 Å². The fraction of sp³-hybridized carbons (Fsp3) is 0.143. The van der Waals surface area contributed by atoms with E-state index in [-0.39, 0.29) is 5.57 Å². The second-order valence-corrected chi connectivity index (χ2v) is 7.28. The molecule has 0 saturated carbocycles. The zero-order valence-electron chi connectivity index (χ0n) is 14.5. The van der Waals surface area contributed by atoms with Crippen molar-refractivity contribution < 1.29 is 9.53 Å². The van der Waals surface area contributed by atoms with Crippen LogP contribution in [0.1, 0.15) is 11.1 Å². The topological polar surface area (TPSA) is 62.1 Å². The van der Waals surface area contributed by atoms with Crippen LogP contribution in [0.4, 0.5) is 0 Å². The van der Waals surface area contributed by atoms with E-state index in [1.54, 1.807) is 24.3 Å². The van der Waals surface area contributed by atoms with Crippen LogP contribution in [0.25, 0.3) is 6.08 Å². The molecular formula is C21H18Br2N2O2. The quantitative estimate of drug-likeness (QED) is 0.321. The van der Waals surface area contributed by atoms with Crippen LogP contribution in [0.5, 0.6) is 5.75 Å². The van der Waals surface area contributed by atoms with Gasteiger partial charge in [0.25, 0.3) is 5.91 Å². The molecule has 6 heteroatoms. The van der Waals surface area contributed by atoms with Crippen molar-refractivity contribution >= 4 is 43.8 Å². The highest BCUT2D eigenvalue weighted by molar-refractivity contribution is 9.11. The van der Waals surface area contributed by atoms with Gasteiger partial charge in [0.15, 0.2) is 0 Å². The summed E-state index contributed by atoms with van der Waals surface area (Å²) >= 11 is 6.89. The minimum Gasteiger partial charge on any atom is -0.487 e. The first kappa shape index (κ1) is 20.9. The molecule has 0 aliphatic rings. The van der Waals surface area contributed by atoms with Gasteiger partial charge in [-0.25, -0.2) is 0 Å². The third-order valence-corrected chi connectivity index (χ3v) is 4.76. The fourth-order valence-electron chi connectivity index (χ4n) is 2.32. The van der Waals surface area contributed by atoms with E-state index in [1.165, 1.54) is 0 Å². The Hall–Kier alpha value is -2.36. The molecule has 2 aromatic rings. The number of nitriles is 1. The summed E-state index contributed by atoms with van der Waals surface area (Å²) in [5.41, 5.74) is 1.87. The van der Waals surface area contributed by atoms with Gasteiger partial charge in [-0.2, -0.15) is 5.26 Å². The summed E-state index contributed by atoms with van der Waals surface area (Å²) in [6, 6.07) is 15.4. The van der Waals surface area contributed by atoms with Gasteiger partial charge in [-0.1, -0.05) is 43.0 Å². The summed E-state index contributed by atoms with van der Waals surface area (Å²) in [5.74, 6) is 0.241. The number of ether oxygens (including phenoxy) is 1. The molecule has 0 bridgehead atoms. The van der Waals surface area contributed by atoms with E-state index >= 15 is 0 Å². The molecule has 0 unspecified atom stereocenters. The molecule has 27 heavy (non-hydrogen) atoms. The van der Waals surface area contributed by atoms with E-state index < -0.39 is 5.91 Å². The van der Waals surface area contributed by atoms with Gasteiger partial charge in [0, 0.05) is 6.54 Å². The van der Waals surface area contributed by atoms with Crippen LogP contribution < -0.4 is 10.1 Å². The van der Waals surface area contributed by atoms with Crippen molar-refractivity contribution in [3.8, 4) is 11.8 Å². The number of carbonyl (C=O) groups excluding carboxylic acids is 1. The molecule has 1 amide bonds. The minimum atomic E-state index is -0.396. The normalized spacial score (nSPS) is 10.8. The Bertz CT molecular complexity index is 864. The first-order valence-electron chi connectivity index (χ1n) is 8.21. The van der Waals surface area contributed by atoms with Crippen molar-refractivity contribution in [2.24, 2.45) is 0 Å². The number of rotatable bonds is 8. The van der Waals surface area contributed by atoms with Crippen molar-refractivity contribution in [2.45, 2.75) is 6.42 Å². The summed E-state index contributed by atoms with van der Waals surface area (Å²) in [4.78, 5) is 12.3. The standard InChI is InChI=1S/C21H18Br2N2O2/c1-2-10-27-20-18(22)12-16(13-19(20)23)11-17(14-24)21(26)25-9-8-15-6-4-3-5-7-15/h2-7,11-13H,1,8-10H2,(H,25,26)/b17-11+. The monoisotopic (exact) mass is 488 g/mol. The molecule has 4 nitrogen and oxygen atoms in total. The summed E-state index contributed by atoms with van der Waals surface area (Å²) in [5, 5.41) is 12.1. The van der Waals surface area contributed by atoms with Crippen LogP contribution in [0.3, 0.4) is 0 Å². The van der Waals surface area contributed by atoms with E-state index in [2.05, 4.69) is 43.8 Å². The Morgan fingerprint density at radius 3 is 2.48 bits per heavy atom. The van der Waals surface area contributed by atoms with E-state index in [9.17, 15) is 10.1 Å². The van der Waals surface area contributed by atoms with Gasteiger partial charge in [0.1, 0.15) is 24.0 Å². The minimum absolute atomic E-state index is 0.0432. The second-order valence-electron chi connectivity index (χ2n) is 5.57. The lowest BCUT2D eigenvalue weighted by Crippen LogP contribution is -2.26. The average molecular weight is 490 g/mol. The molecule has 0 aromatic heterocycles. The number of halogens is 2. The van der Waals surface area contributed by atoms with Gasteiger partial charge < -0.3 is 10.1 Å². The van der Waals surface area contributed by atoms with Crippen LogP contribution in [0.2, 0.25) is 0 Å². The number of hydrogen-bond donors (Lipinski definition) is 1. The molecule has 2 aromatic carbocycles. The SMILES string of the molecule is C=CCOc1c(Br)cc(/C=C(\C#N)C(=O)NCCc2ccccc2)cc1Br. The highest BCUT2D eigenvalue weighted by Crippen LogP contribution is 2.35. The Morgan fingerprint density at radius 2 is 1.89 bits per heavy atom. The molecule has 0 heterocycles. The summed E-state index contributed by atoms with van der Waals surface area (Å²) in [7, 11) is 0. The summed E-state index contributed by atoms with van der Waals surface area (Å²) < 4.78 is 7.00. The molecule has 2 rings (SSSR count). The number of nitrogens with one attached hydrogen (secondary N) is 1. The Morgan fingerprint density at radius 1 is 1.22 bits per heavy atom. The number of hydrogen-bond acceptors (Lipinski definition) is 3. The van der Waals surface area contributed by atoms with Gasteiger partial charge in [-0.05, 0) is 67.6 Å². The molecular weight excluding hydrogens is 472 g/mol. The van der Waals surface area contributed by atoms with Gasteiger partial charge >= 0.3 is 0 Å². The van der Waals surface area contributed by atoms with Crippen molar-refractivity contribution in [3.63, 3.8) is 0 Å². The molecule has 0 fully saturated rings. The predicted octanol–water partition coefficient (Wildman–Crippen LogP) is 5.04. The van der Waals surface area contributed by atoms with Crippen LogP contribution in [0.15, 0.2) is 69.6 Å². The molecule has 0 spiro atoms. The maximum Gasteiger partial charge on any atom is 0.261 e. The lowest BCUT2D eigenvalue weighted by molar-refractivity contribution is -0.117. The largest absolute Gasteiger partial charge is 0.487 e. The zero-order chi connectivity index (χ0) is 19.6. The molecule has 0 saturated heterocycles. The molecule has 0 aliphatic heterocycles. The highest BCUT2D eigenvalue weighted by atomic mass is 79.9. The summed E-state index contributed by atoms with van der Waals surface area (Å²) in [6.45, 7) is 4.46. The first-order valence-corrected chi connectivity index (χ1v) is 9.80. The third kappa shape index (κ3) is 6.38. The van der Waals surface area contributed by atoms with Crippen LogP contribution >= 0.6 is 31.9 Å². The van der Waals surface area contributed by atoms with Crippen LogP contribution in [0, 0.1) is 11.3 Å². The van der Waals surface area contributed by atoms with Crippen LogP contribution in [-0.2, 0) is 11.2 Å². The number of carbonyl (C=O) groups is 1. The maximum atomic E-state index is 12.3. The highest BCUT2D eigenvalue weighted by Gasteiger charge is 2.12. The van der Waals surface area contributed by atoms with Crippen LogP contribution in [-0.4, -0.2) is 19.1 Å². The molecule has 0 radical (unpaired) electrons. The van der Waals surface area contributed by atoms with Gasteiger partial charge in [-0.15, -0.1) is 0 Å². The summed E-state index contributed by atoms with van der Waals surface area (Å²) in [6.07, 6.45) is 3.91. The Labute approximate surface area is 175 Å². The van der Waals surface area contributed by atoms with E-state index in [0.29, 0.717) is 39.8 Å². The number of nitrogens with zero attached hydrogens (tertiary/aromatic N) is 1. The van der Waals surface area contributed by atoms with Gasteiger partial charge in [0.2, 0.25) is 0 Å². The van der Waals surface area contributed by atoms with E-state index in [0.717, 1.165) is 5.56 Å². The van der Waals surface area contributed by atoms with Gasteiger partial charge in [0.05, 0.1) is 8.95 Å². The van der Waals surface area contributed by atoms with E-state index in [1.807, 2.05) is 36.4 Å². The number of amides is 1. The third-order valence-electron chi connectivity index (χ3n) is 3.58. The second kappa shape index (κ2) is 10.7. The first-order chi connectivity index (χ1) is 13.0. The molecule has 138 valence electrons. The maximum absolute atomic E-state index is 12.3. The van der Waals surface area contributed by atoms with E-state index in [4.69, 9.17) is 4.74 Å². The Balaban J connectivity index is 2.07. The van der Waals surface area contributed by atoms with Crippen molar-refractivity contribution in [2.75, 3.05) is 13.2 Å². The fourth-order valence-corrected chi connectivity index (χ4v) is 3.77. The van der Waals surface area contributed by atoms with Crippen molar-refractivity contribution in [1.29, 1.82) is 5.26 Å². The lowest BCUT2D eigenvalue weighted by Gasteiger charge is -2.10. The average Bonchev–Trinajstić information content (AvgIpc) is 2.66. The Kier molecular flexibility index (Phi) is 8.31. The van der Waals surface area contributed by atoms with Crippen molar-refractivity contribution in [1.82, 2.24) is 5.32 Å². The molecule has 1 N–H and O–H groups in total. The molecule has 0 atom stereocenters. The zero-order valence-corrected chi connectivity index (χ0v) is 17.7. The van der Waals surface area contributed by atoms with Crippen molar-refractivity contribution in [3.05, 3.63) is 80.8 Å². The smallest absolute Gasteiger partial charge is 0.261 e. The number of benzene rings is 2. The molecule has 0 aliphatic carbocycles. The lowest BCUT2D eigenvalue weighted by atomic mass is 10.1.